The summed E-state index contributed by atoms with van der Waals surface area (Å²) in [5, 5.41) is 11.7. The Morgan fingerprint density at radius 1 is 1.07 bits per heavy atom. The number of esters is 1. The van der Waals surface area contributed by atoms with Gasteiger partial charge in [-0.15, -0.1) is 0 Å². The molecule has 13 heteroatoms. The summed E-state index contributed by atoms with van der Waals surface area (Å²) in [4.78, 5) is 27.3. The summed E-state index contributed by atoms with van der Waals surface area (Å²) in [5.41, 5.74) is -2.75. The van der Waals surface area contributed by atoms with E-state index in [-0.39, 0.29) is 27.6 Å². The van der Waals surface area contributed by atoms with Gasteiger partial charge in [-0.25, -0.2) is 22.0 Å². The molecule has 1 heterocycles. The number of anilines is 1. The smallest absolute Gasteiger partial charge is 0.414 e. The normalized spacial score (nSPS) is 18.7. The second kappa shape index (κ2) is 13.6. The summed E-state index contributed by atoms with van der Waals surface area (Å²) < 4.78 is 71.1. The number of hydrogen-bond acceptors (Lipinski definition) is 7. The summed E-state index contributed by atoms with van der Waals surface area (Å²) in [6, 6.07) is 17.1. The molecule has 3 aromatic rings. The molecule has 0 fully saturated rings. The Kier molecular flexibility index (Phi) is 10.5. The van der Waals surface area contributed by atoms with Gasteiger partial charge in [0.15, 0.2) is 5.60 Å². The van der Waals surface area contributed by atoms with Gasteiger partial charge in [0.1, 0.15) is 11.6 Å². The van der Waals surface area contributed by atoms with Gasteiger partial charge in [-0.05, 0) is 70.0 Å². The molecule has 0 aromatic heterocycles. The zero-order chi connectivity index (χ0) is 33.9. The van der Waals surface area contributed by atoms with Crippen LogP contribution in [0.3, 0.4) is 0 Å². The molecule has 1 aliphatic heterocycles. The fraction of sp³-hybridized carbons (Fsp3) is 0.394. The monoisotopic (exact) mass is 678 g/mol. The molecule has 2 atom stereocenters. The highest BCUT2D eigenvalue weighted by Crippen LogP contribution is 2.49. The maximum atomic E-state index is 15.8. The van der Waals surface area contributed by atoms with Crippen molar-refractivity contribution in [3.63, 3.8) is 0 Å². The SMILES string of the molecule is Cc1ccc(S(=O)(=O)N[C@H](Cc2ccccc2)C(=O)OCC[C@]2(O)c3cc(Cl)ccc3N(C(=O)OC(C)(C)C)CCC2(F)F)cc1. The summed E-state index contributed by atoms with van der Waals surface area (Å²) in [6.07, 6.45) is -2.69. The molecule has 248 valence electrons. The van der Waals surface area contributed by atoms with E-state index in [9.17, 15) is 23.1 Å². The maximum Gasteiger partial charge on any atom is 0.414 e. The molecule has 0 saturated carbocycles. The number of aryl methyl sites for hydroxylation is 1. The molecular formula is C33H37ClF2N2O7S. The number of carbonyl (C=O) groups excluding carboxylic acids is 2. The van der Waals surface area contributed by atoms with Gasteiger partial charge in [0.25, 0.3) is 5.92 Å². The molecule has 0 radical (unpaired) electrons. The number of nitrogens with one attached hydrogen (secondary N) is 1. The highest BCUT2D eigenvalue weighted by atomic mass is 35.5. The van der Waals surface area contributed by atoms with Crippen LogP contribution in [0.1, 0.15) is 50.3 Å². The van der Waals surface area contributed by atoms with Gasteiger partial charge >= 0.3 is 12.1 Å². The van der Waals surface area contributed by atoms with Crippen LogP contribution in [-0.2, 0) is 36.3 Å². The number of halogens is 3. The molecule has 9 nitrogen and oxygen atoms in total. The van der Waals surface area contributed by atoms with Crippen molar-refractivity contribution in [1.29, 1.82) is 0 Å². The standard InChI is InChI=1S/C33H37ClF2N2O7S/c1-22-10-13-25(14-11-22)46(42,43)37-27(20-23-8-6-5-7-9-23)29(39)44-19-17-32(41)26-21-24(34)12-15-28(26)38(18-16-33(32,35)36)30(40)45-31(2,3)4/h5-15,21,27,37,41H,16-20H2,1-4H3/t27-,32+/m1/s1. The molecule has 0 spiro atoms. The number of aliphatic hydroxyl groups is 1. The van der Waals surface area contributed by atoms with Gasteiger partial charge in [-0.3, -0.25) is 9.69 Å². The van der Waals surface area contributed by atoms with Crippen molar-refractivity contribution in [2.24, 2.45) is 0 Å². The molecule has 0 aliphatic carbocycles. The first-order valence-corrected chi connectivity index (χ1v) is 16.5. The van der Waals surface area contributed by atoms with Gasteiger partial charge in [-0.1, -0.05) is 59.6 Å². The highest BCUT2D eigenvalue weighted by Gasteiger charge is 2.57. The maximum absolute atomic E-state index is 15.8. The van der Waals surface area contributed by atoms with E-state index >= 15 is 8.78 Å². The lowest BCUT2D eigenvalue weighted by Gasteiger charge is -2.35. The van der Waals surface area contributed by atoms with Crippen LogP contribution in [0, 0.1) is 6.92 Å². The molecule has 0 bridgehead atoms. The molecule has 3 aromatic carbocycles. The summed E-state index contributed by atoms with van der Waals surface area (Å²) in [6.45, 7) is 5.52. The first-order chi connectivity index (χ1) is 21.4. The topological polar surface area (TPSA) is 122 Å². The number of rotatable bonds is 9. The van der Waals surface area contributed by atoms with E-state index in [4.69, 9.17) is 21.1 Å². The van der Waals surface area contributed by atoms with Gasteiger partial charge in [0, 0.05) is 30.0 Å². The Balaban J connectivity index is 1.59. The van der Waals surface area contributed by atoms with Crippen molar-refractivity contribution in [3.05, 3.63) is 94.5 Å². The van der Waals surface area contributed by atoms with Crippen molar-refractivity contribution in [2.75, 3.05) is 18.1 Å². The van der Waals surface area contributed by atoms with Crippen LogP contribution in [0.4, 0.5) is 19.3 Å². The van der Waals surface area contributed by atoms with Gasteiger partial charge in [0.2, 0.25) is 10.0 Å². The van der Waals surface area contributed by atoms with Crippen LogP contribution in [0.25, 0.3) is 0 Å². The summed E-state index contributed by atoms with van der Waals surface area (Å²) in [7, 11) is -4.18. The lowest BCUT2D eigenvalue weighted by atomic mass is 9.83. The van der Waals surface area contributed by atoms with Crippen LogP contribution in [0.5, 0.6) is 0 Å². The first-order valence-electron chi connectivity index (χ1n) is 14.6. The van der Waals surface area contributed by atoms with Crippen molar-refractivity contribution >= 4 is 39.4 Å². The van der Waals surface area contributed by atoms with Crippen LogP contribution >= 0.6 is 11.6 Å². The minimum absolute atomic E-state index is 0.0301. The Bertz CT molecular complexity index is 1670. The van der Waals surface area contributed by atoms with Crippen LogP contribution in [0.2, 0.25) is 5.02 Å². The second-order valence-electron chi connectivity index (χ2n) is 12.2. The molecule has 4 rings (SSSR count). The lowest BCUT2D eigenvalue weighted by Crippen LogP contribution is -2.47. The van der Waals surface area contributed by atoms with Crippen LogP contribution in [0.15, 0.2) is 77.7 Å². The Hall–Kier alpha value is -3.58. The third-order valence-corrected chi connectivity index (χ3v) is 9.19. The average Bonchev–Trinajstić information content (AvgIpc) is 3.04. The first kappa shape index (κ1) is 35.3. The number of ether oxygens (including phenoxy) is 2. The summed E-state index contributed by atoms with van der Waals surface area (Å²) >= 11 is 6.17. The fourth-order valence-corrected chi connectivity index (χ4v) is 6.43. The number of amides is 1. The van der Waals surface area contributed by atoms with E-state index in [1.807, 2.05) is 0 Å². The third kappa shape index (κ3) is 8.22. The van der Waals surface area contributed by atoms with Gasteiger partial charge < -0.3 is 14.6 Å². The van der Waals surface area contributed by atoms with E-state index < -0.39 is 71.2 Å². The quantitative estimate of drug-likeness (QED) is 0.261. The number of benzene rings is 3. The zero-order valence-electron chi connectivity index (χ0n) is 25.9. The second-order valence-corrected chi connectivity index (χ2v) is 14.4. The zero-order valence-corrected chi connectivity index (χ0v) is 27.5. The van der Waals surface area contributed by atoms with E-state index in [0.29, 0.717) is 5.56 Å². The predicted molar refractivity (Wildman–Crippen MR) is 170 cm³/mol. The van der Waals surface area contributed by atoms with Gasteiger partial charge in [0.05, 0.1) is 17.2 Å². The van der Waals surface area contributed by atoms with Crippen molar-refractivity contribution in [3.8, 4) is 0 Å². The Morgan fingerprint density at radius 2 is 1.72 bits per heavy atom. The number of nitrogens with zero attached hydrogens (tertiary/aromatic N) is 1. The minimum Gasteiger partial charge on any atom is -0.464 e. The average molecular weight is 679 g/mol. The predicted octanol–water partition coefficient (Wildman–Crippen LogP) is 6.14. The summed E-state index contributed by atoms with van der Waals surface area (Å²) in [5.74, 6) is -4.83. The molecule has 2 N–H and O–H groups in total. The van der Waals surface area contributed by atoms with Crippen molar-refractivity contribution in [1.82, 2.24) is 4.72 Å². The molecule has 46 heavy (non-hydrogen) atoms. The van der Waals surface area contributed by atoms with Gasteiger partial charge in [-0.2, -0.15) is 4.72 Å². The number of fused-ring (bicyclic) bond motifs is 1. The molecule has 1 amide bonds. The lowest BCUT2D eigenvalue weighted by molar-refractivity contribution is -0.198. The number of carbonyl (C=O) groups is 2. The van der Waals surface area contributed by atoms with Crippen molar-refractivity contribution < 1.29 is 41.4 Å². The van der Waals surface area contributed by atoms with E-state index in [1.54, 1.807) is 70.2 Å². The van der Waals surface area contributed by atoms with E-state index in [0.717, 1.165) is 16.5 Å². The molecule has 0 saturated heterocycles. The van der Waals surface area contributed by atoms with Crippen molar-refractivity contribution in [2.45, 2.75) is 75.0 Å². The van der Waals surface area contributed by atoms with E-state index in [1.165, 1.54) is 24.3 Å². The highest BCUT2D eigenvalue weighted by molar-refractivity contribution is 7.89. The Labute approximate surface area is 272 Å². The molecule has 0 unspecified atom stereocenters. The number of alkyl halides is 2. The number of hydrogen-bond donors (Lipinski definition) is 2. The van der Waals surface area contributed by atoms with Crippen LogP contribution < -0.4 is 9.62 Å². The van der Waals surface area contributed by atoms with E-state index in [2.05, 4.69) is 4.72 Å². The molecule has 1 aliphatic rings. The third-order valence-electron chi connectivity index (χ3n) is 7.47. The molecular weight excluding hydrogens is 642 g/mol. The number of sulfonamides is 1. The minimum atomic E-state index is -4.18. The largest absolute Gasteiger partial charge is 0.464 e. The van der Waals surface area contributed by atoms with Crippen LogP contribution in [-0.4, -0.2) is 56.3 Å². The Morgan fingerprint density at radius 3 is 2.35 bits per heavy atom. The fourth-order valence-electron chi connectivity index (χ4n) is 5.07.